The van der Waals surface area contributed by atoms with E-state index in [0.29, 0.717) is 0 Å². The Kier molecular flexibility index (Phi) is 3.65. The predicted octanol–water partition coefficient (Wildman–Crippen LogP) is 2.69. The molecule has 1 heterocycles. The van der Waals surface area contributed by atoms with Crippen molar-refractivity contribution in [3.63, 3.8) is 0 Å². The maximum absolute atomic E-state index is 10.6. The van der Waals surface area contributed by atoms with Gasteiger partial charge in [0.05, 0.1) is 11.7 Å². The van der Waals surface area contributed by atoms with Gasteiger partial charge in [-0.3, -0.25) is 4.68 Å². The molecule has 3 rings (SSSR count). The zero-order valence-electron chi connectivity index (χ0n) is 12.5. The number of benzene rings is 2. The molecule has 3 N–H and O–H groups in total. The Balaban J connectivity index is 2.01. The zero-order chi connectivity index (χ0) is 15.7. The predicted molar refractivity (Wildman–Crippen MR) is 88.7 cm³/mol. The summed E-state index contributed by atoms with van der Waals surface area (Å²) in [6.45, 7) is 0. The first-order valence-electron chi connectivity index (χ1n) is 7.06. The highest BCUT2D eigenvalue weighted by atomic mass is 16.3. The average molecular weight is 294 g/mol. The molecule has 0 fully saturated rings. The molecule has 1 aromatic heterocycles. The monoisotopic (exact) mass is 294 g/mol. The molecule has 0 aliphatic heterocycles. The summed E-state index contributed by atoms with van der Waals surface area (Å²) in [7, 11) is 3.71. The first-order chi connectivity index (χ1) is 10.6. The number of anilines is 1. The summed E-state index contributed by atoms with van der Waals surface area (Å²) in [5.41, 5.74) is 4.23. The molecule has 2 aromatic carbocycles. The van der Waals surface area contributed by atoms with Crippen molar-refractivity contribution >= 4 is 22.8 Å². The lowest BCUT2D eigenvalue weighted by atomic mass is 9.98. The molecule has 5 heteroatoms. The highest BCUT2D eigenvalue weighted by molar-refractivity contribution is 5.86. The van der Waals surface area contributed by atoms with Crippen LogP contribution in [-0.4, -0.2) is 28.1 Å². The molecule has 1 atom stereocenters. The molecule has 0 spiro atoms. The van der Waals surface area contributed by atoms with E-state index in [4.69, 9.17) is 5.41 Å². The SMILES string of the molecule is CNc1ccc(C(O)c2ccc3c(cnn3C)c2)cc1C=N. The van der Waals surface area contributed by atoms with Crippen molar-refractivity contribution in [2.24, 2.45) is 7.05 Å². The topological polar surface area (TPSA) is 73.9 Å². The van der Waals surface area contributed by atoms with E-state index in [0.717, 1.165) is 33.3 Å². The summed E-state index contributed by atoms with van der Waals surface area (Å²) in [4.78, 5) is 0. The van der Waals surface area contributed by atoms with Crippen LogP contribution in [0.2, 0.25) is 0 Å². The van der Waals surface area contributed by atoms with Gasteiger partial charge in [0.2, 0.25) is 0 Å². The number of aliphatic hydroxyl groups is 1. The Labute approximate surface area is 128 Å². The largest absolute Gasteiger partial charge is 0.388 e. The smallest absolute Gasteiger partial charge is 0.104 e. The first kappa shape index (κ1) is 14.3. The second kappa shape index (κ2) is 5.61. The molecule has 1 unspecified atom stereocenters. The van der Waals surface area contributed by atoms with Crippen LogP contribution in [0.3, 0.4) is 0 Å². The first-order valence-corrected chi connectivity index (χ1v) is 7.06. The number of aliphatic hydroxyl groups excluding tert-OH is 1. The highest BCUT2D eigenvalue weighted by Gasteiger charge is 2.13. The van der Waals surface area contributed by atoms with Crippen molar-refractivity contribution in [3.8, 4) is 0 Å². The molecule has 5 nitrogen and oxygen atoms in total. The van der Waals surface area contributed by atoms with Gasteiger partial charge in [-0.1, -0.05) is 12.1 Å². The number of rotatable bonds is 4. The molecular formula is C17H18N4O. The quantitative estimate of drug-likeness (QED) is 0.648. The fourth-order valence-corrected chi connectivity index (χ4v) is 2.64. The molecule has 0 saturated heterocycles. The molecule has 0 radical (unpaired) electrons. The third-order valence-corrected chi connectivity index (χ3v) is 3.90. The van der Waals surface area contributed by atoms with Gasteiger partial charge in [-0.15, -0.1) is 0 Å². The van der Waals surface area contributed by atoms with Gasteiger partial charge in [0.25, 0.3) is 0 Å². The van der Waals surface area contributed by atoms with E-state index >= 15 is 0 Å². The zero-order valence-corrected chi connectivity index (χ0v) is 12.5. The summed E-state index contributed by atoms with van der Waals surface area (Å²) in [5, 5.41) is 26.4. The lowest BCUT2D eigenvalue weighted by Gasteiger charge is -2.14. The Morgan fingerprint density at radius 1 is 1.23 bits per heavy atom. The van der Waals surface area contributed by atoms with Crippen molar-refractivity contribution in [1.82, 2.24) is 9.78 Å². The minimum Gasteiger partial charge on any atom is -0.388 e. The van der Waals surface area contributed by atoms with Crippen molar-refractivity contribution < 1.29 is 5.11 Å². The summed E-state index contributed by atoms with van der Waals surface area (Å²) in [6, 6.07) is 11.4. The van der Waals surface area contributed by atoms with Crippen LogP contribution in [0.1, 0.15) is 22.8 Å². The Morgan fingerprint density at radius 2 is 1.95 bits per heavy atom. The van der Waals surface area contributed by atoms with Crippen LogP contribution in [0.25, 0.3) is 10.9 Å². The maximum atomic E-state index is 10.6. The molecule has 22 heavy (non-hydrogen) atoms. The number of hydrogen-bond acceptors (Lipinski definition) is 4. The number of nitrogens with zero attached hydrogens (tertiary/aromatic N) is 2. The fraction of sp³-hybridized carbons (Fsp3) is 0.176. The van der Waals surface area contributed by atoms with Crippen LogP contribution in [-0.2, 0) is 7.05 Å². The molecular weight excluding hydrogens is 276 g/mol. The third kappa shape index (κ3) is 2.35. The number of aryl methyl sites for hydroxylation is 1. The molecule has 3 aromatic rings. The lowest BCUT2D eigenvalue weighted by Crippen LogP contribution is -2.02. The number of hydrogen-bond donors (Lipinski definition) is 3. The summed E-state index contributed by atoms with van der Waals surface area (Å²) in [5.74, 6) is 0. The Hall–Kier alpha value is -2.66. The Morgan fingerprint density at radius 3 is 2.68 bits per heavy atom. The van der Waals surface area contributed by atoms with Gasteiger partial charge < -0.3 is 15.8 Å². The van der Waals surface area contributed by atoms with E-state index in [2.05, 4.69) is 10.4 Å². The van der Waals surface area contributed by atoms with Gasteiger partial charge in [-0.2, -0.15) is 5.10 Å². The van der Waals surface area contributed by atoms with Gasteiger partial charge in [-0.05, 0) is 35.4 Å². The van der Waals surface area contributed by atoms with E-state index in [1.807, 2.05) is 50.5 Å². The highest BCUT2D eigenvalue weighted by Crippen LogP contribution is 2.27. The lowest BCUT2D eigenvalue weighted by molar-refractivity contribution is 0.220. The molecule has 0 amide bonds. The van der Waals surface area contributed by atoms with Crippen LogP contribution in [0.15, 0.2) is 42.6 Å². The molecule has 112 valence electrons. The number of fused-ring (bicyclic) bond motifs is 1. The minimum absolute atomic E-state index is 0.728. The second-order valence-electron chi connectivity index (χ2n) is 5.23. The normalized spacial score (nSPS) is 12.3. The number of aromatic nitrogens is 2. The van der Waals surface area contributed by atoms with Crippen molar-refractivity contribution in [3.05, 3.63) is 59.3 Å². The van der Waals surface area contributed by atoms with E-state index < -0.39 is 6.10 Å². The van der Waals surface area contributed by atoms with Crippen molar-refractivity contribution in [2.45, 2.75) is 6.10 Å². The van der Waals surface area contributed by atoms with E-state index in [1.54, 1.807) is 10.9 Å². The standard InChI is InChI=1S/C17H18N4O/c1-19-15-5-3-11(7-13(15)9-18)17(22)12-4-6-16-14(8-12)10-20-21(16)2/h3-10,17-19,22H,1-2H3. The summed E-state index contributed by atoms with van der Waals surface area (Å²) in [6.07, 6.45) is 2.35. The van der Waals surface area contributed by atoms with Crippen LogP contribution in [0.4, 0.5) is 5.69 Å². The average Bonchev–Trinajstić information content (AvgIpc) is 2.94. The van der Waals surface area contributed by atoms with Crippen LogP contribution in [0, 0.1) is 5.41 Å². The van der Waals surface area contributed by atoms with Crippen LogP contribution in [0.5, 0.6) is 0 Å². The van der Waals surface area contributed by atoms with Gasteiger partial charge in [0.15, 0.2) is 0 Å². The van der Waals surface area contributed by atoms with Crippen LogP contribution < -0.4 is 5.32 Å². The Bertz CT molecular complexity index is 838. The van der Waals surface area contributed by atoms with Gasteiger partial charge in [0, 0.05) is 36.9 Å². The second-order valence-corrected chi connectivity index (χ2v) is 5.23. The van der Waals surface area contributed by atoms with E-state index in [1.165, 1.54) is 6.21 Å². The molecule has 0 aliphatic rings. The van der Waals surface area contributed by atoms with Crippen LogP contribution >= 0.6 is 0 Å². The molecule has 0 aliphatic carbocycles. The number of nitrogens with one attached hydrogen (secondary N) is 2. The summed E-state index contributed by atoms with van der Waals surface area (Å²) >= 11 is 0. The third-order valence-electron chi connectivity index (χ3n) is 3.90. The summed E-state index contributed by atoms with van der Waals surface area (Å²) < 4.78 is 1.81. The fourth-order valence-electron chi connectivity index (χ4n) is 2.64. The van der Waals surface area contributed by atoms with Crippen molar-refractivity contribution in [1.29, 1.82) is 5.41 Å². The van der Waals surface area contributed by atoms with Gasteiger partial charge >= 0.3 is 0 Å². The minimum atomic E-state index is -0.728. The van der Waals surface area contributed by atoms with Gasteiger partial charge in [-0.25, -0.2) is 0 Å². The van der Waals surface area contributed by atoms with E-state index in [-0.39, 0.29) is 0 Å². The van der Waals surface area contributed by atoms with E-state index in [9.17, 15) is 5.11 Å². The molecule has 0 saturated carbocycles. The molecule has 0 bridgehead atoms. The maximum Gasteiger partial charge on any atom is 0.104 e. The van der Waals surface area contributed by atoms with Crippen molar-refractivity contribution in [2.75, 3.05) is 12.4 Å². The van der Waals surface area contributed by atoms with Gasteiger partial charge in [0.1, 0.15) is 6.10 Å².